The van der Waals surface area contributed by atoms with Gasteiger partial charge >= 0.3 is 0 Å². The smallest absolute Gasteiger partial charge is 0.164 e. The summed E-state index contributed by atoms with van der Waals surface area (Å²) >= 11 is 1.81. The molecular formula is C45H27FN4S. The van der Waals surface area contributed by atoms with Crippen LogP contribution in [0.2, 0.25) is 0 Å². The number of nitrogens with zero attached hydrogens (tertiary/aromatic N) is 4. The first-order valence-electron chi connectivity index (χ1n) is 16.8. The standard InChI is InChI=1S/C45H27FN4S/c46-32-17-11-16-30(26-32)37-27-31(45-48-43(28-12-3-1-4-13-28)47-44(49-45)29-14-5-2-6-15-29)22-25-39(37)50-38-20-9-7-18-33(38)35-23-24-36-34-19-8-10-21-40(34)51-42(36)41(35)50/h1-27H. The summed E-state index contributed by atoms with van der Waals surface area (Å²) in [6, 6.07) is 54.6. The summed E-state index contributed by atoms with van der Waals surface area (Å²) in [5.74, 6) is 1.42. The van der Waals surface area contributed by atoms with Gasteiger partial charge in [-0.2, -0.15) is 0 Å². The van der Waals surface area contributed by atoms with Gasteiger partial charge in [-0.05, 0) is 48.0 Å². The van der Waals surface area contributed by atoms with Gasteiger partial charge in [-0.3, -0.25) is 0 Å². The molecule has 6 heteroatoms. The number of rotatable bonds is 5. The van der Waals surface area contributed by atoms with Crippen molar-refractivity contribution in [3.05, 3.63) is 170 Å². The zero-order valence-corrected chi connectivity index (χ0v) is 28.0. The predicted molar refractivity (Wildman–Crippen MR) is 209 cm³/mol. The topological polar surface area (TPSA) is 43.6 Å². The van der Waals surface area contributed by atoms with Gasteiger partial charge in [0.25, 0.3) is 0 Å². The second kappa shape index (κ2) is 11.8. The van der Waals surface area contributed by atoms with Gasteiger partial charge in [0, 0.05) is 48.5 Å². The Hall–Kier alpha value is -6.50. The average molecular weight is 675 g/mol. The van der Waals surface area contributed by atoms with Gasteiger partial charge in [0.15, 0.2) is 17.5 Å². The van der Waals surface area contributed by atoms with Crippen molar-refractivity contribution in [2.75, 3.05) is 0 Å². The van der Waals surface area contributed by atoms with Crippen molar-refractivity contribution in [2.24, 2.45) is 0 Å². The highest BCUT2D eigenvalue weighted by Gasteiger charge is 2.21. The van der Waals surface area contributed by atoms with Crippen molar-refractivity contribution >= 4 is 53.3 Å². The van der Waals surface area contributed by atoms with E-state index in [1.54, 1.807) is 12.1 Å². The molecule has 0 radical (unpaired) electrons. The molecule has 0 N–H and O–H groups in total. The Morgan fingerprint density at radius 2 is 1.06 bits per heavy atom. The van der Waals surface area contributed by atoms with E-state index in [-0.39, 0.29) is 5.82 Å². The summed E-state index contributed by atoms with van der Waals surface area (Å²) in [6.45, 7) is 0. The maximum atomic E-state index is 15.0. The number of para-hydroxylation sites is 1. The lowest BCUT2D eigenvalue weighted by atomic mass is 9.99. The molecule has 0 atom stereocenters. The normalized spacial score (nSPS) is 11.6. The highest BCUT2D eigenvalue weighted by atomic mass is 32.1. The van der Waals surface area contributed by atoms with E-state index >= 15 is 4.39 Å². The first kappa shape index (κ1) is 29.4. The number of hydrogen-bond acceptors (Lipinski definition) is 4. The first-order valence-corrected chi connectivity index (χ1v) is 17.6. The highest BCUT2D eigenvalue weighted by Crippen LogP contribution is 2.44. The van der Waals surface area contributed by atoms with Crippen LogP contribution < -0.4 is 0 Å². The predicted octanol–water partition coefficient (Wildman–Crippen LogP) is 12.1. The molecule has 0 unspecified atom stereocenters. The van der Waals surface area contributed by atoms with Gasteiger partial charge in [-0.25, -0.2) is 19.3 Å². The van der Waals surface area contributed by atoms with Crippen molar-refractivity contribution < 1.29 is 4.39 Å². The molecule has 0 amide bonds. The van der Waals surface area contributed by atoms with E-state index in [2.05, 4.69) is 83.4 Å². The van der Waals surface area contributed by atoms with Crippen molar-refractivity contribution in [3.8, 4) is 51.0 Å². The molecule has 51 heavy (non-hydrogen) atoms. The van der Waals surface area contributed by atoms with Crippen molar-refractivity contribution in [3.63, 3.8) is 0 Å². The molecule has 0 saturated carbocycles. The summed E-state index contributed by atoms with van der Waals surface area (Å²) in [4.78, 5) is 14.9. The van der Waals surface area contributed by atoms with E-state index in [1.165, 1.54) is 37.0 Å². The molecule has 10 rings (SSSR count). The van der Waals surface area contributed by atoms with E-state index in [0.29, 0.717) is 17.5 Å². The lowest BCUT2D eigenvalue weighted by molar-refractivity contribution is 0.628. The zero-order valence-electron chi connectivity index (χ0n) is 27.2. The molecule has 3 heterocycles. The molecule has 3 aromatic heterocycles. The third-order valence-corrected chi connectivity index (χ3v) is 10.7. The van der Waals surface area contributed by atoms with Crippen LogP contribution in [0.3, 0.4) is 0 Å². The second-order valence-electron chi connectivity index (χ2n) is 12.6. The SMILES string of the molecule is Fc1cccc(-c2cc(-c3nc(-c4ccccc4)nc(-c4ccccc4)n3)ccc2-n2c3ccccc3c3ccc4c5ccccc5sc4c32)c1. The Labute approximate surface area is 296 Å². The number of hydrogen-bond donors (Lipinski definition) is 0. The van der Waals surface area contributed by atoms with Crippen LogP contribution >= 0.6 is 11.3 Å². The third kappa shape index (κ3) is 4.91. The maximum Gasteiger partial charge on any atom is 0.164 e. The lowest BCUT2D eigenvalue weighted by Gasteiger charge is -2.16. The molecule has 0 fully saturated rings. The van der Waals surface area contributed by atoms with Gasteiger partial charge in [0.2, 0.25) is 0 Å². The van der Waals surface area contributed by atoms with Crippen molar-refractivity contribution in [1.82, 2.24) is 19.5 Å². The molecule has 0 aliphatic heterocycles. The van der Waals surface area contributed by atoms with Gasteiger partial charge in [-0.15, -0.1) is 11.3 Å². The summed E-state index contributed by atoms with van der Waals surface area (Å²) in [7, 11) is 0. The molecule has 0 aliphatic carbocycles. The third-order valence-electron chi connectivity index (χ3n) is 9.51. The fraction of sp³-hybridized carbons (Fsp3) is 0. The number of thiophene rings is 1. The minimum atomic E-state index is -0.295. The lowest BCUT2D eigenvalue weighted by Crippen LogP contribution is -2.02. The van der Waals surface area contributed by atoms with E-state index in [0.717, 1.165) is 44.5 Å². The minimum Gasteiger partial charge on any atom is -0.307 e. The molecule has 240 valence electrons. The monoisotopic (exact) mass is 674 g/mol. The number of fused-ring (bicyclic) bond motifs is 7. The Bertz CT molecular complexity index is 2870. The van der Waals surface area contributed by atoms with E-state index < -0.39 is 0 Å². The van der Waals surface area contributed by atoms with Crippen LogP contribution in [0.4, 0.5) is 4.39 Å². The van der Waals surface area contributed by atoms with E-state index in [9.17, 15) is 0 Å². The van der Waals surface area contributed by atoms with Gasteiger partial charge in [-0.1, -0.05) is 121 Å². The zero-order chi connectivity index (χ0) is 33.9. The number of aromatic nitrogens is 4. The molecule has 0 bridgehead atoms. The maximum absolute atomic E-state index is 15.0. The van der Waals surface area contributed by atoms with Crippen LogP contribution in [-0.2, 0) is 0 Å². The van der Waals surface area contributed by atoms with Crippen LogP contribution in [0.25, 0.3) is 93.0 Å². The summed E-state index contributed by atoms with van der Waals surface area (Å²) in [5.41, 5.74) is 7.41. The number of halogens is 1. The summed E-state index contributed by atoms with van der Waals surface area (Å²) < 4.78 is 19.8. The fourth-order valence-electron chi connectivity index (χ4n) is 7.18. The van der Waals surface area contributed by atoms with E-state index in [1.807, 2.05) is 78.1 Å². The Morgan fingerprint density at radius 3 is 1.78 bits per heavy atom. The summed E-state index contributed by atoms with van der Waals surface area (Å²) in [6.07, 6.45) is 0. The minimum absolute atomic E-state index is 0.295. The average Bonchev–Trinajstić information content (AvgIpc) is 3.74. The van der Waals surface area contributed by atoms with Crippen LogP contribution in [0.1, 0.15) is 0 Å². The fourth-order valence-corrected chi connectivity index (χ4v) is 8.42. The van der Waals surface area contributed by atoms with Crippen LogP contribution in [0.5, 0.6) is 0 Å². The van der Waals surface area contributed by atoms with E-state index in [4.69, 9.17) is 15.0 Å². The van der Waals surface area contributed by atoms with Crippen LogP contribution in [0, 0.1) is 5.82 Å². The molecular weight excluding hydrogens is 648 g/mol. The molecule has 4 nitrogen and oxygen atoms in total. The van der Waals surface area contributed by atoms with Crippen molar-refractivity contribution in [2.45, 2.75) is 0 Å². The molecule has 10 aromatic rings. The van der Waals surface area contributed by atoms with Gasteiger partial charge in [0.1, 0.15) is 5.82 Å². The highest BCUT2D eigenvalue weighted by molar-refractivity contribution is 7.26. The van der Waals surface area contributed by atoms with Gasteiger partial charge in [0.05, 0.1) is 21.4 Å². The second-order valence-corrected chi connectivity index (χ2v) is 13.6. The van der Waals surface area contributed by atoms with Crippen molar-refractivity contribution in [1.29, 1.82) is 0 Å². The first-order chi connectivity index (χ1) is 25.2. The Kier molecular flexibility index (Phi) is 6.82. The quantitative estimate of drug-likeness (QED) is 0.182. The largest absolute Gasteiger partial charge is 0.307 e. The molecule has 0 spiro atoms. The number of benzene rings is 7. The summed E-state index contributed by atoms with van der Waals surface area (Å²) in [5, 5.41) is 4.81. The van der Waals surface area contributed by atoms with Crippen LogP contribution in [-0.4, -0.2) is 19.5 Å². The van der Waals surface area contributed by atoms with Crippen LogP contribution in [0.15, 0.2) is 164 Å². The van der Waals surface area contributed by atoms with Gasteiger partial charge < -0.3 is 4.57 Å². The Morgan fingerprint density at radius 1 is 0.451 bits per heavy atom. The molecule has 0 saturated heterocycles. The Balaban J connectivity index is 1.27. The molecule has 0 aliphatic rings. The molecule has 7 aromatic carbocycles.